The molecule has 0 saturated heterocycles. The van der Waals surface area contributed by atoms with Crippen molar-refractivity contribution in [3.05, 3.63) is 241 Å². The lowest BCUT2D eigenvalue weighted by atomic mass is 9.97. The maximum absolute atomic E-state index is 10.7. The van der Waals surface area contributed by atoms with Gasteiger partial charge in [0.1, 0.15) is 6.07 Å². The van der Waals surface area contributed by atoms with Gasteiger partial charge in [0.05, 0.1) is 56.9 Å². The predicted molar refractivity (Wildman–Crippen MR) is 272 cm³/mol. The smallest absolute Gasteiger partial charge is 0.160 e. The van der Waals surface area contributed by atoms with Crippen LogP contribution in [0.2, 0.25) is 0 Å². The molecule has 316 valence electrons. The first kappa shape index (κ1) is 40.9. The first-order chi connectivity index (χ1) is 33.5. The molecule has 0 saturated carbocycles. The molecule has 7 heteroatoms. The molecule has 0 aliphatic rings. The summed E-state index contributed by atoms with van der Waals surface area (Å²) in [6.07, 6.45) is 0. The van der Waals surface area contributed by atoms with Crippen molar-refractivity contribution in [1.29, 1.82) is 15.8 Å². The van der Waals surface area contributed by atoms with Crippen LogP contribution in [-0.4, -0.2) is 14.5 Å². The number of nitriles is 3. The number of hydrogen-bond donors (Lipinski definition) is 0. The Morgan fingerprint density at radius 2 is 0.882 bits per heavy atom. The normalized spacial score (nSPS) is 10.9. The van der Waals surface area contributed by atoms with Crippen LogP contribution in [0.4, 0.5) is 17.1 Å². The van der Waals surface area contributed by atoms with Crippen molar-refractivity contribution in [3.8, 4) is 80.1 Å². The zero-order valence-corrected chi connectivity index (χ0v) is 36.5. The Kier molecular flexibility index (Phi) is 10.6. The van der Waals surface area contributed by atoms with E-state index in [1.807, 2.05) is 72.8 Å². The summed E-state index contributed by atoms with van der Waals surface area (Å²) in [5.41, 5.74) is 15.6. The van der Waals surface area contributed by atoms with Crippen LogP contribution in [0, 0.1) is 34.0 Å². The Morgan fingerprint density at radius 3 is 1.51 bits per heavy atom. The van der Waals surface area contributed by atoms with E-state index < -0.39 is 0 Å². The van der Waals surface area contributed by atoms with Crippen LogP contribution < -0.4 is 4.90 Å². The van der Waals surface area contributed by atoms with Crippen LogP contribution in [0.3, 0.4) is 0 Å². The molecule has 68 heavy (non-hydrogen) atoms. The molecule has 7 nitrogen and oxygen atoms in total. The summed E-state index contributed by atoms with van der Waals surface area (Å²) >= 11 is 0. The molecule has 2 heterocycles. The summed E-state index contributed by atoms with van der Waals surface area (Å²) in [5.74, 6) is 0.489. The minimum atomic E-state index is 0.489. The monoisotopic (exact) mass is 867 g/mol. The summed E-state index contributed by atoms with van der Waals surface area (Å²) in [6.45, 7) is 0. The van der Waals surface area contributed by atoms with Crippen molar-refractivity contribution in [3.63, 3.8) is 0 Å². The number of benzene rings is 9. The SMILES string of the molecule is N#Cc1cccc(-c2cc(-c3ccc(-c4ccc(-c5ccc(-n6c7ccccc7c7cc(N(c8ccccc8)c8ccccc8)ccc76)c(C#N)c5)cc4)cc3)nc(-c3cccc(C#N)c3)n2)c1. The van der Waals surface area contributed by atoms with E-state index in [1.165, 1.54) is 0 Å². The second kappa shape index (κ2) is 17.6. The highest BCUT2D eigenvalue weighted by Crippen LogP contribution is 2.41. The minimum absolute atomic E-state index is 0.489. The average Bonchev–Trinajstić information content (AvgIpc) is 3.74. The predicted octanol–water partition coefficient (Wildman–Crippen LogP) is 15.0. The average molecular weight is 868 g/mol. The van der Waals surface area contributed by atoms with Gasteiger partial charge in [0.15, 0.2) is 5.82 Å². The number of para-hydroxylation sites is 3. The molecule has 2 aromatic heterocycles. The molecule has 0 radical (unpaired) electrons. The van der Waals surface area contributed by atoms with E-state index in [2.05, 4.69) is 161 Å². The van der Waals surface area contributed by atoms with Crippen molar-refractivity contribution in [2.75, 3.05) is 4.90 Å². The largest absolute Gasteiger partial charge is 0.310 e. The van der Waals surface area contributed by atoms with Gasteiger partial charge >= 0.3 is 0 Å². The Morgan fingerprint density at radius 1 is 0.353 bits per heavy atom. The van der Waals surface area contributed by atoms with Crippen LogP contribution >= 0.6 is 0 Å². The maximum Gasteiger partial charge on any atom is 0.160 e. The van der Waals surface area contributed by atoms with Gasteiger partial charge < -0.3 is 9.47 Å². The van der Waals surface area contributed by atoms with Crippen LogP contribution in [0.15, 0.2) is 224 Å². The van der Waals surface area contributed by atoms with Gasteiger partial charge in [-0.3, -0.25) is 0 Å². The summed E-state index contributed by atoms with van der Waals surface area (Å²) in [7, 11) is 0. The molecular formula is C61H37N7. The second-order valence-corrected chi connectivity index (χ2v) is 16.4. The fraction of sp³-hybridized carbons (Fsp3) is 0. The third kappa shape index (κ3) is 7.67. The van der Waals surface area contributed by atoms with Crippen molar-refractivity contribution in [1.82, 2.24) is 14.5 Å². The molecule has 0 aliphatic carbocycles. The van der Waals surface area contributed by atoms with Gasteiger partial charge in [0, 0.05) is 44.5 Å². The van der Waals surface area contributed by atoms with Gasteiger partial charge in [-0.2, -0.15) is 15.8 Å². The number of hydrogen-bond acceptors (Lipinski definition) is 6. The van der Waals surface area contributed by atoms with Gasteiger partial charge in [0.25, 0.3) is 0 Å². The van der Waals surface area contributed by atoms with Crippen LogP contribution in [0.25, 0.3) is 83.6 Å². The molecule has 11 aromatic rings. The van der Waals surface area contributed by atoms with Gasteiger partial charge in [-0.1, -0.05) is 133 Å². The van der Waals surface area contributed by atoms with Gasteiger partial charge in [-0.15, -0.1) is 0 Å². The number of fused-ring (bicyclic) bond motifs is 3. The lowest BCUT2D eigenvalue weighted by Crippen LogP contribution is -2.09. The lowest BCUT2D eigenvalue weighted by Gasteiger charge is -2.25. The molecule has 0 aliphatic heterocycles. The Hall–Kier alpha value is -9.87. The Labute approximate surface area is 393 Å². The highest BCUT2D eigenvalue weighted by Gasteiger charge is 2.19. The zero-order valence-electron chi connectivity index (χ0n) is 36.5. The van der Waals surface area contributed by atoms with E-state index in [0.717, 1.165) is 89.2 Å². The summed E-state index contributed by atoms with van der Waals surface area (Å²) < 4.78 is 2.21. The number of nitrogens with zero attached hydrogens (tertiary/aromatic N) is 7. The van der Waals surface area contributed by atoms with E-state index in [1.54, 1.807) is 18.2 Å². The minimum Gasteiger partial charge on any atom is -0.310 e. The third-order valence-electron chi connectivity index (χ3n) is 12.3. The molecule has 0 unspecified atom stereocenters. The van der Waals surface area contributed by atoms with Crippen LogP contribution in [0.1, 0.15) is 16.7 Å². The molecule has 0 spiro atoms. The first-order valence-electron chi connectivity index (χ1n) is 22.1. The van der Waals surface area contributed by atoms with Crippen molar-refractivity contribution < 1.29 is 0 Å². The van der Waals surface area contributed by atoms with E-state index in [4.69, 9.17) is 9.97 Å². The van der Waals surface area contributed by atoms with Crippen molar-refractivity contribution in [2.45, 2.75) is 0 Å². The quantitative estimate of drug-likeness (QED) is 0.143. The fourth-order valence-electron chi connectivity index (χ4n) is 9.00. The molecule has 0 fully saturated rings. The molecule has 11 rings (SSSR count). The van der Waals surface area contributed by atoms with Crippen LogP contribution in [0.5, 0.6) is 0 Å². The first-order valence-corrected chi connectivity index (χ1v) is 22.1. The zero-order chi connectivity index (χ0) is 46.0. The standard InChI is InChI=1S/C61H37N7/c62-38-41-11-9-13-48(33-41)57-37-56(65-61(66-57)49-14-10-12-42(34-49)39-63)46-27-25-44(26-28-46)43-21-23-45(24-22-43)47-29-31-58(50(35-47)40-64)68-59-20-8-7-19-54(59)55-36-53(30-32-60(55)68)67(51-15-3-1-4-16-51)52-17-5-2-6-18-52/h1-37H. The van der Waals surface area contributed by atoms with E-state index in [-0.39, 0.29) is 0 Å². The fourth-order valence-corrected chi connectivity index (χ4v) is 9.00. The molecule has 0 amide bonds. The van der Waals surface area contributed by atoms with Gasteiger partial charge in [0.2, 0.25) is 0 Å². The number of aromatic nitrogens is 3. The van der Waals surface area contributed by atoms with E-state index in [0.29, 0.717) is 28.2 Å². The van der Waals surface area contributed by atoms with Crippen molar-refractivity contribution in [2.24, 2.45) is 0 Å². The molecule has 9 aromatic carbocycles. The topological polar surface area (TPSA) is 105 Å². The maximum atomic E-state index is 10.7. The Bertz CT molecular complexity index is 3700. The summed E-state index contributed by atoms with van der Waals surface area (Å²) in [5, 5.41) is 32.1. The van der Waals surface area contributed by atoms with E-state index in [9.17, 15) is 15.8 Å². The van der Waals surface area contributed by atoms with Gasteiger partial charge in [-0.25, -0.2) is 9.97 Å². The molecule has 0 atom stereocenters. The van der Waals surface area contributed by atoms with Crippen LogP contribution in [-0.2, 0) is 0 Å². The second-order valence-electron chi connectivity index (χ2n) is 16.4. The summed E-state index contributed by atoms with van der Waals surface area (Å²) in [4.78, 5) is 12.1. The van der Waals surface area contributed by atoms with E-state index >= 15 is 0 Å². The number of anilines is 3. The molecular weight excluding hydrogens is 831 g/mol. The molecule has 0 N–H and O–H groups in total. The highest BCUT2D eigenvalue weighted by atomic mass is 15.1. The lowest BCUT2D eigenvalue weighted by molar-refractivity contribution is 1.17. The van der Waals surface area contributed by atoms with Gasteiger partial charge in [-0.05, 0) is 113 Å². The van der Waals surface area contributed by atoms with Crippen molar-refractivity contribution >= 4 is 38.9 Å². The third-order valence-corrected chi connectivity index (χ3v) is 12.3. The highest BCUT2D eigenvalue weighted by molar-refractivity contribution is 6.11. The summed E-state index contributed by atoms with van der Waals surface area (Å²) in [6, 6.07) is 82.1. The number of rotatable bonds is 9. The molecule has 0 bridgehead atoms. The Balaban J connectivity index is 0.901.